The molecule has 1 aromatic heterocycles. The van der Waals surface area contributed by atoms with Crippen molar-refractivity contribution in [2.24, 2.45) is 0 Å². The minimum atomic E-state index is -0.498. The molecule has 2 rings (SSSR count). The van der Waals surface area contributed by atoms with Crippen LogP contribution in [0, 0.1) is 0 Å². The number of benzene rings is 1. The van der Waals surface area contributed by atoms with E-state index in [9.17, 15) is 4.79 Å². The quantitative estimate of drug-likeness (QED) is 0.803. The zero-order chi connectivity index (χ0) is 15.1. The van der Waals surface area contributed by atoms with Crippen molar-refractivity contribution in [3.05, 3.63) is 40.5 Å². The Hall–Kier alpha value is -1.82. The number of esters is 1. The third-order valence-corrected chi connectivity index (χ3v) is 2.83. The molecule has 0 saturated carbocycles. The van der Waals surface area contributed by atoms with Gasteiger partial charge >= 0.3 is 5.97 Å². The molecule has 0 atom stereocenters. The highest BCUT2D eigenvalue weighted by Crippen LogP contribution is 2.22. The van der Waals surface area contributed by atoms with Crippen molar-refractivity contribution in [3.63, 3.8) is 0 Å². The molecular weight excluding hydrogens is 324 g/mol. The highest BCUT2D eigenvalue weighted by molar-refractivity contribution is 9.10. The first-order valence-corrected chi connectivity index (χ1v) is 6.93. The number of methoxy groups -OCH3 is 2. The molecule has 0 N–H and O–H groups in total. The predicted molar refractivity (Wildman–Crippen MR) is 80.5 cm³/mol. The average Bonchev–Trinajstić information content (AvgIpc) is 2.92. The van der Waals surface area contributed by atoms with Gasteiger partial charge in [-0.1, -0.05) is 35.8 Å². The summed E-state index contributed by atoms with van der Waals surface area (Å²) in [7, 11) is 2.83. The Bertz CT molecular complexity index is 582. The van der Waals surface area contributed by atoms with Gasteiger partial charge in [0.2, 0.25) is 5.88 Å². The van der Waals surface area contributed by atoms with Gasteiger partial charge in [-0.2, -0.15) is 5.10 Å². The van der Waals surface area contributed by atoms with Crippen LogP contribution in [0.5, 0.6) is 5.88 Å². The van der Waals surface area contributed by atoms with Crippen molar-refractivity contribution in [2.45, 2.75) is 13.8 Å². The lowest BCUT2D eigenvalue weighted by atomic mass is 10.3. The molecule has 1 heterocycles. The maximum atomic E-state index is 11.4. The van der Waals surface area contributed by atoms with Crippen LogP contribution < -0.4 is 4.74 Å². The van der Waals surface area contributed by atoms with Crippen LogP contribution in [0.15, 0.2) is 34.8 Å². The van der Waals surface area contributed by atoms with Crippen molar-refractivity contribution in [3.8, 4) is 11.6 Å². The smallest absolute Gasteiger partial charge is 0.358 e. The maximum absolute atomic E-state index is 11.4. The molecule has 0 bridgehead atoms. The molecule has 2 aromatic rings. The van der Waals surface area contributed by atoms with Crippen LogP contribution in [0.4, 0.5) is 0 Å². The van der Waals surface area contributed by atoms with Crippen molar-refractivity contribution < 1.29 is 14.3 Å². The Morgan fingerprint density at radius 1 is 1.25 bits per heavy atom. The Morgan fingerprint density at radius 2 is 1.95 bits per heavy atom. The van der Waals surface area contributed by atoms with Gasteiger partial charge in [0.1, 0.15) is 0 Å². The van der Waals surface area contributed by atoms with Gasteiger partial charge in [0.05, 0.1) is 19.9 Å². The fourth-order valence-corrected chi connectivity index (χ4v) is 1.89. The molecule has 1 aromatic carbocycles. The van der Waals surface area contributed by atoms with E-state index < -0.39 is 5.97 Å². The third kappa shape index (κ3) is 3.60. The summed E-state index contributed by atoms with van der Waals surface area (Å²) in [5, 5.41) is 4.16. The van der Waals surface area contributed by atoms with Crippen LogP contribution in [0.3, 0.4) is 0 Å². The van der Waals surface area contributed by atoms with Gasteiger partial charge in [-0.25, -0.2) is 9.48 Å². The number of hydrogen-bond donors (Lipinski definition) is 0. The zero-order valence-electron chi connectivity index (χ0n) is 11.9. The van der Waals surface area contributed by atoms with Gasteiger partial charge in [-0.15, -0.1) is 0 Å². The molecule has 0 fully saturated rings. The molecule has 0 saturated heterocycles. The summed E-state index contributed by atoms with van der Waals surface area (Å²) in [6.07, 6.45) is 0. The van der Waals surface area contributed by atoms with Gasteiger partial charge in [-0.05, 0) is 18.2 Å². The molecule has 0 spiro atoms. The first-order chi connectivity index (χ1) is 9.65. The van der Waals surface area contributed by atoms with Crippen molar-refractivity contribution in [2.75, 3.05) is 14.2 Å². The number of carbonyl (C=O) groups is 1. The Kier molecular flexibility index (Phi) is 6.24. The van der Waals surface area contributed by atoms with Crippen LogP contribution in [0.1, 0.15) is 24.3 Å². The van der Waals surface area contributed by atoms with E-state index in [1.807, 2.05) is 38.1 Å². The van der Waals surface area contributed by atoms with E-state index in [4.69, 9.17) is 4.74 Å². The molecule has 20 heavy (non-hydrogen) atoms. The Morgan fingerprint density at radius 3 is 2.50 bits per heavy atom. The number of nitrogens with zero attached hydrogens (tertiary/aromatic N) is 2. The van der Waals surface area contributed by atoms with Gasteiger partial charge in [0.25, 0.3) is 0 Å². The minimum absolute atomic E-state index is 0.203. The molecule has 0 radical (unpaired) electrons. The molecule has 0 aliphatic heterocycles. The molecule has 6 heteroatoms. The fraction of sp³-hybridized carbons (Fsp3) is 0.286. The summed E-state index contributed by atoms with van der Waals surface area (Å²) in [5.74, 6) is -0.0319. The molecule has 5 nitrogen and oxygen atoms in total. The normalized spacial score (nSPS) is 9.45. The number of ether oxygens (including phenoxy) is 2. The van der Waals surface area contributed by atoms with E-state index in [0.717, 1.165) is 10.2 Å². The van der Waals surface area contributed by atoms with Crippen LogP contribution in [0.2, 0.25) is 0 Å². The lowest BCUT2D eigenvalue weighted by Crippen LogP contribution is -2.04. The molecule has 0 amide bonds. The number of rotatable bonds is 3. The van der Waals surface area contributed by atoms with Gasteiger partial charge < -0.3 is 9.47 Å². The Balaban J connectivity index is 0.000000956. The second-order valence-electron chi connectivity index (χ2n) is 3.46. The van der Waals surface area contributed by atoms with Crippen LogP contribution in [0.25, 0.3) is 5.69 Å². The zero-order valence-corrected chi connectivity index (χ0v) is 13.5. The van der Waals surface area contributed by atoms with Crippen molar-refractivity contribution in [1.82, 2.24) is 9.78 Å². The van der Waals surface area contributed by atoms with Crippen LogP contribution in [-0.4, -0.2) is 30.0 Å². The minimum Gasteiger partial charge on any atom is -0.481 e. The molecule has 108 valence electrons. The molecular formula is C14H17BrN2O3. The topological polar surface area (TPSA) is 53.4 Å². The molecule has 0 aliphatic carbocycles. The predicted octanol–water partition coefficient (Wildman–Crippen LogP) is 3.46. The third-order valence-electron chi connectivity index (χ3n) is 2.33. The van der Waals surface area contributed by atoms with E-state index in [0.29, 0.717) is 5.88 Å². The number of hydrogen-bond acceptors (Lipinski definition) is 4. The fourth-order valence-electron chi connectivity index (χ4n) is 1.51. The standard InChI is InChI=1S/C12H11BrN2O3.C2H6/c1-17-11-7-10(12(16)18-2)14-15(11)9-5-3-4-8(13)6-9;1-2/h3-7H,1-2H3;1-2H3. The van der Waals surface area contributed by atoms with Gasteiger partial charge in [0, 0.05) is 10.5 Å². The van der Waals surface area contributed by atoms with Gasteiger partial charge in [0.15, 0.2) is 5.69 Å². The highest BCUT2D eigenvalue weighted by Gasteiger charge is 2.16. The summed E-state index contributed by atoms with van der Waals surface area (Å²) in [5.41, 5.74) is 0.991. The van der Waals surface area contributed by atoms with Gasteiger partial charge in [-0.3, -0.25) is 0 Å². The summed E-state index contributed by atoms with van der Waals surface area (Å²) >= 11 is 3.38. The second-order valence-corrected chi connectivity index (χ2v) is 4.37. The number of carbonyl (C=O) groups excluding carboxylic acids is 1. The van der Waals surface area contributed by atoms with E-state index >= 15 is 0 Å². The highest BCUT2D eigenvalue weighted by atomic mass is 79.9. The number of aromatic nitrogens is 2. The van der Waals surface area contributed by atoms with Crippen molar-refractivity contribution in [1.29, 1.82) is 0 Å². The van der Waals surface area contributed by atoms with E-state index in [2.05, 4.69) is 25.8 Å². The molecule has 0 unspecified atom stereocenters. The SMILES string of the molecule is CC.COC(=O)c1cc(OC)n(-c2cccc(Br)c2)n1. The average molecular weight is 341 g/mol. The van der Waals surface area contributed by atoms with E-state index in [1.165, 1.54) is 25.0 Å². The summed E-state index contributed by atoms with van der Waals surface area (Å²) in [6.45, 7) is 4.00. The van der Waals surface area contributed by atoms with Crippen LogP contribution in [-0.2, 0) is 4.74 Å². The summed E-state index contributed by atoms with van der Waals surface area (Å²) < 4.78 is 12.3. The summed E-state index contributed by atoms with van der Waals surface area (Å²) in [6, 6.07) is 9.05. The van der Waals surface area contributed by atoms with E-state index in [-0.39, 0.29) is 5.69 Å². The summed E-state index contributed by atoms with van der Waals surface area (Å²) in [4.78, 5) is 11.4. The van der Waals surface area contributed by atoms with E-state index in [1.54, 1.807) is 0 Å². The molecule has 0 aliphatic rings. The first-order valence-electron chi connectivity index (χ1n) is 6.14. The monoisotopic (exact) mass is 340 g/mol. The largest absolute Gasteiger partial charge is 0.481 e. The second kappa shape index (κ2) is 7.69. The lowest BCUT2D eigenvalue weighted by Gasteiger charge is -2.05. The first kappa shape index (κ1) is 16.2. The Labute approximate surface area is 126 Å². The van der Waals surface area contributed by atoms with Crippen LogP contribution >= 0.6 is 15.9 Å². The number of halogens is 1. The maximum Gasteiger partial charge on any atom is 0.358 e. The van der Waals surface area contributed by atoms with Crippen molar-refractivity contribution >= 4 is 21.9 Å². The lowest BCUT2D eigenvalue weighted by molar-refractivity contribution is 0.0593.